The zero-order chi connectivity index (χ0) is 20.8. The number of hydrogen-bond acceptors (Lipinski definition) is 6. The van der Waals surface area contributed by atoms with Gasteiger partial charge in [-0.25, -0.2) is 4.98 Å². The average Bonchev–Trinajstić information content (AvgIpc) is 3.22. The third kappa shape index (κ3) is 5.79. The van der Waals surface area contributed by atoms with Gasteiger partial charge in [-0.15, -0.1) is 11.3 Å². The molecule has 3 aromatic rings. The van der Waals surface area contributed by atoms with Crippen LogP contribution < -0.4 is 10.8 Å². The number of carbonyl (C=O) groups excluding carboxylic acids is 1. The molecule has 0 radical (unpaired) electrons. The predicted molar refractivity (Wildman–Crippen MR) is 119 cm³/mol. The average molecular weight is 430 g/mol. The molecule has 0 unspecified atom stereocenters. The van der Waals surface area contributed by atoms with E-state index < -0.39 is 5.97 Å². The van der Waals surface area contributed by atoms with Gasteiger partial charge in [-0.2, -0.15) is 5.90 Å². The van der Waals surface area contributed by atoms with Crippen molar-refractivity contribution in [2.24, 2.45) is 5.90 Å². The molecule has 1 heterocycles. The van der Waals surface area contributed by atoms with Crippen molar-refractivity contribution in [1.29, 1.82) is 0 Å². The predicted octanol–water partition coefficient (Wildman–Crippen LogP) is 5.40. The van der Waals surface area contributed by atoms with E-state index in [1.807, 2.05) is 29.6 Å². The van der Waals surface area contributed by atoms with Crippen LogP contribution >= 0.6 is 22.9 Å². The summed E-state index contributed by atoms with van der Waals surface area (Å²) in [6.07, 6.45) is 0.183. The molecule has 2 N–H and O–H groups in total. The second kappa shape index (κ2) is 9.87. The van der Waals surface area contributed by atoms with Crippen LogP contribution in [-0.2, 0) is 16.2 Å². The fourth-order valence-corrected chi connectivity index (χ4v) is 3.91. The van der Waals surface area contributed by atoms with E-state index in [4.69, 9.17) is 22.5 Å². The molecule has 5 nitrogen and oxygen atoms in total. The van der Waals surface area contributed by atoms with Gasteiger partial charge in [0.15, 0.2) is 5.13 Å². The molecular weight excluding hydrogens is 406 g/mol. The lowest BCUT2D eigenvalue weighted by Gasteiger charge is -2.21. The first-order valence-corrected chi connectivity index (χ1v) is 10.7. The van der Waals surface area contributed by atoms with Crippen LogP contribution in [0.3, 0.4) is 0 Å². The number of anilines is 1. The molecule has 0 aliphatic carbocycles. The number of hydrogen-bond donors (Lipinski definition) is 1. The summed E-state index contributed by atoms with van der Waals surface area (Å²) in [5, 5.41) is 3.57. The number of thiazole rings is 1. The highest BCUT2D eigenvalue weighted by Gasteiger charge is 2.15. The van der Waals surface area contributed by atoms with Crippen LogP contribution in [0.4, 0.5) is 5.13 Å². The van der Waals surface area contributed by atoms with Crippen molar-refractivity contribution < 1.29 is 9.63 Å². The molecule has 0 atom stereocenters. The van der Waals surface area contributed by atoms with Crippen LogP contribution in [-0.4, -0.2) is 17.5 Å². The second-order valence-corrected chi connectivity index (χ2v) is 8.35. The Hall–Kier alpha value is -2.41. The van der Waals surface area contributed by atoms with Gasteiger partial charge in [0.2, 0.25) is 0 Å². The summed E-state index contributed by atoms with van der Waals surface area (Å²) in [5.41, 5.74) is 4.37. The SMILES string of the molecule is CC(C)c1ccc(-c2csc(N(CCC(=O)ON)Cc3ccc(Cl)cc3)n2)cc1. The Kier molecular flexibility index (Phi) is 7.25. The van der Waals surface area contributed by atoms with E-state index in [0.717, 1.165) is 22.0 Å². The monoisotopic (exact) mass is 429 g/mol. The smallest absolute Gasteiger partial charge is 0.326 e. The number of nitrogens with zero attached hydrogens (tertiary/aromatic N) is 2. The topological polar surface area (TPSA) is 68.5 Å². The molecule has 0 aliphatic heterocycles. The van der Waals surface area contributed by atoms with Gasteiger partial charge in [0, 0.05) is 29.1 Å². The van der Waals surface area contributed by atoms with E-state index >= 15 is 0 Å². The molecule has 1 aromatic heterocycles. The fraction of sp³-hybridized carbons (Fsp3) is 0.273. The maximum absolute atomic E-state index is 11.5. The molecule has 0 fully saturated rings. The number of benzene rings is 2. The Morgan fingerprint density at radius 2 is 1.86 bits per heavy atom. The van der Waals surface area contributed by atoms with Crippen molar-refractivity contribution in [2.45, 2.75) is 32.7 Å². The molecule has 7 heteroatoms. The van der Waals surface area contributed by atoms with E-state index in [2.05, 4.69) is 47.9 Å². The molecule has 0 saturated carbocycles. The van der Waals surface area contributed by atoms with Gasteiger partial charge in [0.25, 0.3) is 0 Å². The molecule has 3 rings (SSSR count). The Bertz CT molecular complexity index is 939. The van der Waals surface area contributed by atoms with Crippen molar-refractivity contribution in [3.8, 4) is 11.3 Å². The zero-order valence-electron chi connectivity index (χ0n) is 16.5. The van der Waals surface area contributed by atoms with Gasteiger partial charge in [0.1, 0.15) is 0 Å². The van der Waals surface area contributed by atoms with Gasteiger partial charge >= 0.3 is 5.97 Å². The standard InChI is InChI=1S/C22H24ClN3O2S/c1-15(2)17-5-7-18(8-6-17)20-14-29-22(25-20)26(12-11-21(27)28-24)13-16-3-9-19(23)10-4-16/h3-10,14-15H,11-13,24H2,1-2H3. The molecule has 0 amide bonds. The van der Waals surface area contributed by atoms with E-state index in [1.165, 1.54) is 5.56 Å². The summed E-state index contributed by atoms with van der Waals surface area (Å²) in [6, 6.07) is 16.1. The highest BCUT2D eigenvalue weighted by atomic mass is 35.5. The number of carbonyl (C=O) groups is 1. The van der Waals surface area contributed by atoms with E-state index in [0.29, 0.717) is 24.0 Å². The first kappa shape index (κ1) is 21.3. The fourth-order valence-electron chi connectivity index (χ4n) is 2.92. The first-order chi connectivity index (χ1) is 14.0. The van der Waals surface area contributed by atoms with Gasteiger partial charge < -0.3 is 9.74 Å². The van der Waals surface area contributed by atoms with Crippen LogP contribution in [0.25, 0.3) is 11.3 Å². The van der Waals surface area contributed by atoms with Gasteiger partial charge in [-0.1, -0.05) is 61.8 Å². The zero-order valence-corrected chi connectivity index (χ0v) is 18.0. The number of aromatic nitrogens is 1. The van der Waals surface area contributed by atoms with Crippen LogP contribution in [0.15, 0.2) is 53.9 Å². The van der Waals surface area contributed by atoms with Crippen LogP contribution in [0, 0.1) is 0 Å². The lowest BCUT2D eigenvalue weighted by atomic mass is 10.0. The molecule has 29 heavy (non-hydrogen) atoms. The summed E-state index contributed by atoms with van der Waals surface area (Å²) < 4.78 is 0. The van der Waals surface area contributed by atoms with E-state index in [-0.39, 0.29) is 6.42 Å². The van der Waals surface area contributed by atoms with Gasteiger partial charge in [0.05, 0.1) is 12.1 Å². The first-order valence-electron chi connectivity index (χ1n) is 9.41. The minimum absolute atomic E-state index is 0.183. The molecule has 152 valence electrons. The lowest BCUT2D eigenvalue weighted by Crippen LogP contribution is -2.26. The van der Waals surface area contributed by atoms with E-state index in [1.54, 1.807) is 11.3 Å². The van der Waals surface area contributed by atoms with Crippen molar-refractivity contribution in [3.63, 3.8) is 0 Å². The Labute approximate surface area is 180 Å². The highest BCUT2D eigenvalue weighted by molar-refractivity contribution is 7.14. The van der Waals surface area contributed by atoms with Crippen molar-refractivity contribution >= 4 is 34.0 Å². The van der Waals surface area contributed by atoms with Crippen LogP contribution in [0.5, 0.6) is 0 Å². The Balaban J connectivity index is 1.81. The van der Waals surface area contributed by atoms with Crippen molar-refractivity contribution in [2.75, 3.05) is 11.4 Å². The largest absolute Gasteiger partial charge is 0.373 e. The molecule has 2 aromatic carbocycles. The number of halogens is 1. The van der Waals surface area contributed by atoms with E-state index in [9.17, 15) is 4.79 Å². The van der Waals surface area contributed by atoms with Crippen LogP contribution in [0.1, 0.15) is 37.3 Å². The molecule has 0 spiro atoms. The van der Waals surface area contributed by atoms with Gasteiger partial charge in [-0.3, -0.25) is 4.79 Å². The third-order valence-electron chi connectivity index (χ3n) is 4.64. The number of rotatable bonds is 8. The Morgan fingerprint density at radius 1 is 1.17 bits per heavy atom. The van der Waals surface area contributed by atoms with Crippen molar-refractivity contribution in [3.05, 3.63) is 70.1 Å². The Morgan fingerprint density at radius 3 is 2.48 bits per heavy atom. The third-order valence-corrected chi connectivity index (χ3v) is 5.79. The number of nitrogens with two attached hydrogens (primary N) is 1. The quantitative estimate of drug-likeness (QED) is 0.485. The van der Waals surface area contributed by atoms with Gasteiger partial charge in [-0.05, 0) is 29.2 Å². The lowest BCUT2D eigenvalue weighted by molar-refractivity contribution is -0.143. The molecule has 0 bridgehead atoms. The molecular formula is C22H24ClN3O2S. The minimum atomic E-state index is -0.452. The summed E-state index contributed by atoms with van der Waals surface area (Å²) in [5.74, 6) is 5.02. The second-order valence-electron chi connectivity index (χ2n) is 7.08. The highest BCUT2D eigenvalue weighted by Crippen LogP contribution is 2.29. The molecule has 0 aliphatic rings. The molecule has 0 saturated heterocycles. The normalized spacial score (nSPS) is 10.9. The maximum Gasteiger partial charge on any atom is 0.326 e. The van der Waals surface area contributed by atoms with Crippen molar-refractivity contribution in [1.82, 2.24) is 4.98 Å². The summed E-state index contributed by atoms with van der Waals surface area (Å²) in [7, 11) is 0. The maximum atomic E-state index is 11.5. The summed E-state index contributed by atoms with van der Waals surface area (Å²) >= 11 is 7.54. The summed E-state index contributed by atoms with van der Waals surface area (Å²) in [4.78, 5) is 22.7. The minimum Gasteiger partial charge on any atom is -0.373 e. The summed E-state index contributed by atoms with van der Waals surface area (Å²) in [6.45, 7) is 5.42. The van der Waals surface area contributed by atoms with Crippen LogP contribution in [0.2, 0.25) is 5.02 Å².